The predicted molar refractivity (Wildman–Crippen MR) is 60.1 cm³/mol. The molecule has 92 valence electrons. The van der Waals surface area contributed by atoms with Gasteiger partial charge in [-0.25, -0.2) is 4.79 Å². The Morgan fingerprint density at radius 3 is 2.75 bits per heavy atom. The Bertz CT molecular complexity index is 240. The van der Waals surface area contributed by atoms with Gasteiger partial charge in [0, 0.05) is 26.1 Å². The molecular weight excluding hydrogens is 210 g/mol. The number of ether oxygens (including phenoxy) is 1. The fraction of sp³-hybridized carbons (Fsp3) is 0.636. The van der Waals surface area contributed by atoms with Crippen LogP contribution in [0.1, 0.15) is 26.2 Å². The van der Waals surface area contributed by atoms with Crippen molar-refractivity contribution in [3.05, 3.63) is 12.7 Å². The fourth-order valence-electron chi connectivity index (χ4n) is 1.10. The zero-order valence-electron chi connectivity index (χ0n) is 9.57. The van der Waals surface area contributed by atoms with Gasteiger partial charge in [-0.2, -0.15) is 0 Å². The van der Waals surface area contributed by atoms with Gasteiger partial charge in [-0.1, -0.05) is 6.08 Å². The summed E-state index contributed by atoms with van der Waals surface area (Å²) in [6.45, 7) is 6.19. The molecule has 0 heterocycles. The summed E-state index contributed by atoms with van der Waals surface area (Å²) in [5.41, 5.74) is 0. The maximum absolute atomic E-state index is 11.3. The molecule has 0 aliphatic rings. The van der Waals surface area contributed by atoms with Crippen molar-refractivity contribution in [3.8, 4) is 0 Å². The molecule has 0 aliphatic carbocycles. The largest absolute Gasteiger partial charge is 0.480 e. The molecule has 0 aromatic rings. The zero-order valence-corrected chi connectivity index (χ0v) is 9.57. The second kappa shape index (κ2) is 8.91. The van der Waals surface area contributed by atoms with Crippen LogP contribution in [0.25, 0.3) is 0 Å². The van der Waals surface area contributed by atoms with Crippen molar-refractivity contribution in [2.24, 2.45) is 0 Å². The average molecular weight is 229 g/mol. The molecule has 2 N–H and O–H groups in total. The van der Waals surface area contributed by atoms with Gasteiger partial charge in [0.15, 0.2) is 0 Å². The SMILES string of the molecule is C=CCCC(=O)N[C@@H](CCOCC)C(=O)O. The van der Waals surface area contributed by atoms with E-state index in [1.54, 1.807) is 6.08 Å². The molecule has 0 spiro atoms. The number of hydrogen-bond acceptors (Lipinski definition) is 3. The number of carboxylic acids is 1. The predicted octanol–water partition coefficient (Wildman–Crippen LogP) is 0.949. The Hall–Kier alpha value is -1.36. The lowest BCUT2D eigenvalue weighted by Crippen LogP contribution is -2.41. The molecule has 0 bridgehead atoms. The number of allylic oxidation sites excluding steroid dienone is 1. The first-order valence-electron chi connectivity index (χ1n) is 5.32. The highest BCUT2D eigenvalue weighted by Gasteiger charge is 2.18. The molecule has 0 saturated carbocycles. The summed E-state index contributed by atoms with van der Waals surface area (Å²) < 4.78 is 5.05. The van der Waals surface area contributed by atoms with Gasteiger partial charge >= 0.3 is 5.97 Å². The molecule has 1 amide bonds. The fourth-order valence-corrected chi connectivity index (χ4v) is 1.10. The summed E-state index contributed by atoms with van der Waals surface area (Å²) in [4.78, 5) is 22.1. The van der Waals surface area contributed by atoms with Gasteiger partial charge in [0.2, 0.25) is 5.91 Å². The standard InChI is InChI=1S/C11H19NO4/c1-3-5-6-10(13)12-9(11(14)15)7-8-16-4-2/h3,9H,1,4-8H2,2H3,(H,12,13)(H,14,15)/t9-/m0/s1. The van der Waals surface area contributed by atoms with Crippen LogP contribution in [0, 0.1) is 0 Å². The molecule has 16 heavy (non-hydrogen) atoms. The molecule has 0 saturated heterocycles. The molecular formula is C11H19NO4. The molecule has 0 radical (unpaired) electrons. The van der Waals surface area contributed by atoms with Crippen LogP contribution in [0.3, 0.4) is 0 Å². The van der Waals surface area contributed by atoms with Crippen molar-refractivity contribution in [3.63, 3.8) is 0 Å². The summed E-state index contributed by atoms with van der Waals surface area (Å²) in [5.74, 6) is -1.31. The van der Waals surface area contributed by atoms with E-state index >= 15 is 0 Å². The smallest absolute Gasteiger partial charge is 0.326 e. The molecule has 0 aliphatic heterocycles. The summed E-state index contributed by atoms with van der Waals surface area (Å²) in [5, 5.41) is 11.3. The number of carboxylic acid groups (broad SMARTS) is 1. The maximum Gasteiger partial charge on any atom is 0.326 e. The normalized spacial score (nSPS) is 11.8. The highest BCUT2D eigenvalue weighted by Crippen LogP contribution is 1.97. The van der Waals surface area contributed by atoms with Crippen LogP contribution in [0.15, 0.2) is 12.7 Å². The molecule has 1 atom stereocenters. The first kappa shape index (κ1) is 14.6. The van der Waals surface area contributed by atoms with E-state index in [9.17, 15) is 9.59 Å². The molecule has 5 nitrogen and oxygen atoms in total. The van der Waals surface area contributed by atoms with Crippen LogP contribution in [0.2, 0.25) is 0 Å². The summed E-state index contributed by atoms with van der Waals surface area (Å²) >= 11 is 0. The molecule has 0 aromatic heterocycles. The minimum Gasteiger partial charge on any atom is -0.480 e. The lowest BCUT2D eigenvalue weighted by Gasteiger charge is -2.13. The summed E-state index contributed by atoms with van der Waals surface area (Å²) in [6, 6.07) is -0.871. The Balaban J connectivity index is 3.96. The molecule has 5 heteroatoms. The third-order valence-electron chi connectivity index (χ3n) is 1.96. The van der Waals surface area contributed by atoms with Crippen molar-refractivity contribution in [2.75, 3.05) is 13.2 Å². The summed E-state index contributed by atoms with van der Waals surface area (Å²) in [6.07, 6.45) is 2.71. The summed E-state index contributed by atoms with van der Waals surface area (Å²) in [7, 11) is 0. The van der Waals surface area contributed by atoms with E-state index in [2.05, 4.69) is 11.9 Å². The van der Waals surface area contributed by atoms with Crippen molar-refractivity contribution < 1.29 is 19.4 Å². The van der Waals surface area contributed by atoms with Gasteiger partial charge in [0.25, 0.3) is 0 Å². The van der Waals surface area contributed by atoms with E-state index in [0.717, 1.165) is 0 Å². The van der Waals surface area contributed by atoms with Crippen molar-refractivity contribution in [2.45, 2.75) is 32.2 Å². The Morgan fingerprint density at radius 1 is 1.56 bits per heavy atom. The van der Waals surface area contributed by atoms with E-state index < -0.39 is 12.0 Å². The van der Waals surface area contributed by atoms with E-state index in [-0.39, 0.29) is 18.7 Å². The number of hydrogen-bond donors (Lipinski definition) is 2. The van der Waals surface area contributed by atoms with Crippen LogP contribution in [-0.2, 0) is 14.3 Å². The molecule has 0 aromatic carbocycles. The second-order valence-electron chi connectivity index (χ2n) is 3.27. The Labute approximate surface area is 95.5 Å². The van der Waals surface area contributed by atoms with Crippen molar-refractivity contribution in [1.82, 2.24) is 5.32 Å². The van der Waals surface area contributed by atoms with Gasteiger partial charge in [-0.3, -0.25) is 4.79 Å². The van der Waals surface area contributed by atoms with Gasteiger partial charge in [0.1, 0.15) is 6.04 Å². The van der Waals surface area contributed by atoms with E-state index in [4.69, 9.17) is 9.84 Å². The molecule has 0 unspecified atom stereocenters. The monoisotopic (exact) mass is 229 g/mol. The minimum atomic E-state index is -1.04. The number of amides is 1. The van der Waals surface area contributed by atoms with Gasteiger partial charge in [-0.15, -0.1) is 6.58 Å². The third-order valence-corrected chi connectivity index (χ3v) is 1.96. The molecule has 0 rings (SSSR count). The number of carbonyl (C=O) groups excluding carboxylic acids is 1. The number of carbonyl (C=O) groups is 2. The highest BCUT2D eigenvalue weighted by molar-refractivity contribution is 5.83. The van der Waals surface area contributed by atoms with E-state index in [1.165, 1.54) is 0 Å². The van der Waals surface area contributed by atoms with Crippen LogP contribution >= 0.6 is 0 Å². The Kier molecular flexibility index (Phi) is 8.15. The van der Waals surface area contributed by atoms with E-state index in [0.29, 0.717) is 19.6 Å². The minimum absolute atomic E-state index is 0.266. The lowest BCUT2D eigenvalue weighted by atomic mass is 10.2. The third kappa shape index (κ3) is 7.00. The topological polar surface area (TPSA) is 75.6 Å². The Morgan fingerprint density at radius 2 is 2.25 bits per heavy atom. The lowest BCUT2D eigenvalue weighted by molar-refractivity contribution is -0.142. The van der Waals surface area contributed by atoms with Crippen LogP contribution in [0.5, 0.6) is 0 Å². The number of rotatable bonds is 9. The first-order chi connectivity index (χ1) is 7.61. The van der Waals surface area contributed by atoms with Gasteiger partial charge in [0.05, 0.1) is 0 Å². The van der Waals surface area contributed by atoms with Crippen molar-refractivity contribution in [1.29, 1.82) is 0 Å². The quantitative estimate of drug-likeness (QED) is 0.456. The van der Waals surface area contributed by atoms with Crippen LogP contribution < -0.4 is 5.32 Å². The van der Waals surface area contributed by atoms with Gasteiger partial charge in [-0.05, 0) is 13.3 Å². The zero-order chi connectivity index (χ0) is 12.4. The van der Waals surface area contributed by atoms with Crippen LogP contribution in [0.4, 0.5) is 0 Å². The number of aliphatic carboxylic acids is 1. The number of nitrogens with one attached hydrogen (secondary N) is 1. The van der Waals surface area contributed by atoms with E-state index in [1.807, 2.05) is 6.92 Å². The molecule has 0 fully saturated rings. The van der Waals surface area contributed by atoms with Gasteiger partial charge < -0.3 is 15.2 Å². The average Bonchev–Trinajstić information content (AvgIpc) is 2.25. The second-order valence-corrected chi connectivity index (χ2v) is 3.27. The van der Waals surface area contributed by atoms with Crippen molar-refractivity contribution >= 4 is 11.9 Å². The van der Waals surface area contributed by atoms with Crippen LogP contribution in [-0.4, -0.2) is 36.2 Å². The highest BCUT2D eigenvalue weighted by atomic mass is 16.5. The maximum atomic E-state index is 11.3. The first-order valence-corrected chi connectivity index (χ1v) is 5.32.